The Hall–Kier alpha value is -2.93. The van der Waals surface area contributed by atoms with E-state index in [1.807, 2.05) is 25.3 Å². The van der Waals surface area contributed by atoms with E-state index >= 15 is 0 Å². The smallest absolute Gasteiger partial charge is 0.221 e. The number of anilines is 2. The molecule has 0 radical (unpaired) electrons. The Balaban J connectivity index is 0.00000205. The molecule has 1 amide bonds. The van der Waals surface area contributed by atoms with Crippen molar-refractivity contribution in [2.45, 2.75) is 19.8 Å². The van der Waals surface area contributed by atoms with Crippen LogP contribution in [0.3, 0.4) is 0 Å². The molecule has 2 fully saturated rings. The van der Waals surface area contributed by atoms with Crippen LogP contribution in [0.4, 0.5) is 11.6 Å². The van der Waals surface area contributed by atoms with E-state index in [1.165, 1.54) is 0 Å². The zero-order valence-electron chi connectivity index (χ0n) is 16.1. The van der Waals surface area contributed by atoms with Crippen LogP contribution in [0.25, 0.3) is 22.0 Å². The van der Waals surface area contributed by atoms with E-state index in [-0.39, 0.29) is 29.6 Å². The largest absolute Gasteiger partial charge is 0.383 e. The minimum Gasteiger partial charge on any atom is -0.383 e. The first-order chi connectivity index (χ1) is 13.5. The van der Waals surface area contributed by atoms with Gasteiger partial charge in [0.2, 0.25) is 5.91 Å². The lowest BCUT2D eigenvalue weighted by Crippen LogP contribution is -2.24. The molecule has 4 heterocycles. The quantitative estimate of drug-likeness (QED) is 0.686. The average Bonchev–Trinajstić information content (AvgIpc) is 3.22. The second kappa shape index (κ2) is 6.84. The summed E-state index contributed by atoms with van der Waals surface area (Å²) >= 11 is 0. The highest BCUT2D eigenvalue weighted by molar-refractivity contribution is 5.94. The second-order valence-corrected chi connectivity index (χ2v) is 8.04. The molecule has 5 rings (SSSR count). The van der Waals surface area contributed by atoms with Crippen LogP contribution in [0.2, 0.25) is 0 Å². The number of pyridine rings is 3. The van der Waals surface area contributed by atoms with Crippen LogP contribution in [0.1, 0.15) is 18.4 Å². The molecule has 8 heteroatoms. The second-order valence-electron chi connectivity index (χ2n) is 8.04. The number of nitrogen functional groups attached to an aromatic ring is 1. The van der Waals surface area contributed by atoms with Gasteiger partial charge in [0.15, 0.2) is 0 Å². The number of fused-ring (bicyclic) bond motifs is 1. The molecule has 1 spiro atoms. The average molecular weight is 411 g/mol. The van der Waals surface area contributed by atoms with Gasteiger partial charge in [-0.2, -0.15) is 0 Å². The third kappa shape index (κ3) is 3.15. The fourth-order valence-corrected chi connectivity index (χ4v) is 4.50. The summed E-state index contributed by atoms with van der Waals surface area (Å²) in [5.41, 5.74) is 14.7. The number of aryl methyl sites for hydroxylation is 1. The Morgan fingerprint density at radius 3 is 2.86 bits per heavy atom. The molecule has 0 bridgehead atoms. The number of nitrogens with two attached hydrogens (primary N) is 2. The highest BCUT2D eigenvalue weighted by Crippen LogP contribution is 2.58. The molecule has 2 atom stereocenters. The van der Waals surface area contributed by atoms with Crippen molar-refractivity contribution in [2.24, 2.45) is 17.1 Å². The van der Waals surface area contributed by atoms with E-state index < -0.39 is 0 Å². The van der Waals surface area contributed by atoms with Crippen molar-refractivity contribution < 1.29 is 4.79 Å². The lowest BCUT2D eigenvalue weighted by Gasteiger charge is -2.18. The van der Waals surface area contributed by atoms with E-state index in [9.17, 15) is 4.79 Å². The predicted molar refractivity (Wildman–Crippen MR) is 116 cm³/mol. The molecule has 1 saturated heterocycles. The highest BCUT2D eigenvalue weighted by Gasteiger charge is 2.60. The van der Waals surface area contributed by atoms with Crippen molar-refractivity contribution in [1.29, 1.82) is 0 Å². The van der Waals surface area contributed by atoms with Crippen molar-refractivity contribution in [3.05, 3.63) is 42.4 Å². The minimum absolute atomic E-state index is 0. The number of aromatic nitrogens is 3. The summed E-state index contributed by atoms with van der Waals surface area (Å²) in [6.45, 7) is 3.75. The summed E-state index contributed by atoms with van der Waals surface area (Å²) in [7, 11) is 0. The summed E-state index contributed by atoms with van der Waals surface area (Å²) in [5, 5.41) is 1.84. The number of rotatable bonds is 3. The van der Waals surface area contributed by atoms with Crippen LogP contribution in [0.15, 0.2) is 36.8 Å². The fourth-order valence-electron chi connectivity index (χ4n) is 4.50. The van der Waals surface area contributed by atoms with Crippen molar-refractivity contribution in [1.82, 2.24) is 15.0 Å². The van der Waals surface area contributed by atoms with Crippen LogP contribution < -0.4 is 16.4 Å². The highest BCUT2D eigenvalue weighted by atomic mass is 35.5. The predicted octanol–water partition coefficient (Wildman–Crippen LogP) is 2.71. The molecule has 3 aromatic heterocycles. The van der Waals surface area contributed by atoms with Crippen LogP contribution in [-0.2, 0) is 4.79 Å². The molecule has 7 nitrogen and oxygen atoms in total. The molecule has 0 aromatic carbocycles. The first-order valence-electron chi connectivity index (χ1n) is 9.48. The van der Waals surface area contributed by atoms with Crippen LogP contribution in [0, 0.1) is 18.3 Å². The summed E-state index contributed by atoms with van der Waals surface area (Å²) in [4.78, 5) is 27.2. The van der Waals surface area contributed by atoms with Gasteiger partial charge < -0.3 is 16.4 Å². The van der Waals surface area contributed by atoms with E-state index in [1.54, 1.807) is 12.4 Å². The molecule has 1 saturated carbocycles. The van der Waals surface area contributed by atoms with Gasteiger partial charge in [-0.1, -0.05) is 0 Å². The number of amides is 1. The Morgan fingerprint density at radius 1 is 1.31 bits per heavy atom. The molecule has 29 heavy (non-hydrogen) atoms. The molecule has 4 N–H and O–H groups in total. The number of hydrogen-bond donors (Lipinski definition) is 2. The van der Waals surface area contributed by atoms with Gasteiger partial charge in [-0.3, -0.25) is 9.78 Å². The lowest BCUT2D eigenvalue weighted by molar-refractivity contribution is -0.119. The van der Waals surface area contributed by atoms with Gasteiger partial charge in [0.1, 0.15) is 11.6 Å². The summed E-state index contributed by atoms with van der Waals surface area (Å²) in [6.07, 6.45) is 7.25. The van der Waals surface area contributed by atoms with Gasteiger partial charge in [-0.25, -0.2) is 9.97 Å². The third-order valence-corrected chi connectivity index (χ3v) is 6.29. The van der Waals surface area contributed by atoms with Crippen LogP contribution in [0.5, 0.6) is 0 Å². The topological polar surface area (TPSA) is 111 Å². The van der Waals surface area contributed by atoms with Gasteiger partial charge in [0.25, 0.3) is 0 Å². The number of carbonyl (C=O) groups excluding carboxylic acids is 1. The van der Waals surface area contributed by atoms with E-state index in [2.05, 4.69) is 25.9 Å². The van der Waals surface area contributed by atoms with Crippen molar-refractivity contribution >= 4 is 40.7 Å². The number of primary amides is 1. The number of hydrogen-bond acceptors (Lipinski definition) is 6. The maximum absolute atomic E-state index is 11.5. The van der Waals surface area contributed by atoms with Crippen molar-refractivity contribution in [3.63, 3.8) is 0 Å². The lowest BCUT2D eigenvalue weighted by atomic mass is 10.0. The zero-order chi connectivity index (χ0) is 19.5. The number of halogens is 1. The molecular weight excluding hydrogens is 388 g/mol. The fraction of sp³-hybridized carbons (Fsp3) is 0.333. The molecule has 3 aromatic rings. The molecule has 1 aliphatic carbocycles. The first-order valence-corrected chi connectivity index (χ1v) is 9.48. The van der Waals surface area contributed by atoms with Gasteiger partial charge in [0.05, 0.1) is 5.69 Å². The monoisotopic (exact) mass is 410 g/mol. The maximum atomic E-state index is 11.5. The first kappa shape index (κ1) is 19.4. The van der Waals surface area contributed by atoms with Crippen LogP contribution in [-0.4, -0.2) is 33.9 Å². The maximum Gasteiger partial charge on any atom is 0.221 e. The molecule has 2 aliphatic rings. The van der Waals surface area contributed by atoms with Crippen molar-refractivity contribution in [3.8, 4) is 11.3 Å². The standard InChI is InChI=1S/C21H22N6O.ClH/c1-12-2-4-24-9-14(12)17-6-13-7-18(25-10-15(13)19(22)26-17)27-5-3-21(11-27)8-16(21)20(23)28;/h2,4,6-7,9-10,16H,3,5,8,11H2,1H3,(H2,22,26)(H2,23,28);1H. The Bertz CT molecular complexity index is 1120. The van der Waals surface area contributed by atoms with Gasteiger partial charge >= 0.3 is 0 Å². The van der Waals surface area contributed by atoms with E-state index in [0.717, 1.165) is 59.3 Å². The summed E-state index contributed by atoms with van der Waals surface area (Å²) in [6, 6.07) is 6.06. The Kier molecular flexibility index (Phi) is 4.58. The molecular formula is C21H23ClN6O. The van der Waals surface area contributed by atoms with Gasteiger partial charge in [0, 0.05) is 54.0 Å². The summed E-state index contributed by atoms with van der Waals surface area (Å²) in [5.74, 6) is 1.20. The molecule has 150 valence electrons. The van der Waals surface area contributed by atoms with E-state index in [4.69, 9.17) is 11.5 Å². The van der Waals surface area contributed by atoms with Crippen molar-refractivity contribution in [2.75, 3.05) is 23.7 Å². The SMILES string of the molecule is Cc1ccncc1-c1cc2cc(N3CCC4(CC4C(N)=O)C3)ncc2c(N)n1.Cl. The van der Waals surface area contributed by atoms with Crippen LogP contribution >= 0.6 is 12.4 Å². The normalized spacial score (nSPS) is 22.7. The number of carbonyl (C=O) groups is 1. The minimum atomic E-state index is -0.177. The number of nitrogens with zero attached hydrogens (tertiary/aromatic N) is 4. The molecule has 2 unspecified atom stereocenters. The van der Waals surface area contributed by atoms with Gasteiger partial charge in [-0.15, -0.1) is 12.4 Å². The molecule has 1 aliphatic heterocycles. The third-order valence-electron chi connectivity index (χ3n) is 6.29. The summed E-state index contributed by atoms with van der Waals surface area (Å²) < 4.78 is 0. The van der Waals surface area contributed by atoms with Gasteiger partial charge in [-0.05, 0) is 48.9 Å². The zero-order valence-corrected chi connectivity index (χ0v) is 16.9. The Morgan fingerprint density at radius 2 is 2.14 bits per heavy atom. The van der Waals surface area contributed by atoms with E-state index in [0.29, 0.717) is 5.82 Å². The Labute approximate surface area is 174 Å².